The predicted octanol–water partition coefficient (Wildman–Crippen LogP) is 2.11. The standard InChI is InChI=1S/C15H23N3O3/c1-15(2,3)12(9-13(19)20)17-14(21)18(4)10-11-5-7-16-8-6-11/h5-8,12H,9-10H2,1-4H3,(H,17,21)(H,19,20). The number of carbonyl (C=O) groups is 2. The lowest BCUT2D eigenvalue weighted by Gasteiger charge is -2.32. The number of hydrogen-bond donors (Lipinski definition) is 2. The SMILES string of the molecule is CN(Cc1ccncc1)C(=O)NC(CC(=O)O)C(C)(C)C. The zero-order chi connectivity index (χ0) is 16.0. The van der Waals surface area contributed by atoms with Crippen molar-refractivity contribution in [2.24, 2.45) is 5.41 Å². The number of nitrogens with zero attached hydrogens (tertiary/aromatic N) is 2. The van der Waals surface area contributed by atoms with E-state index >= 15 is 0 Å². The molecular formula is C15H23N3O3. The van der Waals surface area contributed by atoms with Crippen molar-refractivity contribution in [3.63, 3.8) is 0 Å². The molecule has 0 aliphatic heterocycles. The maximum Gasteiger partial charge on any atom is 0.317 e. The molecule has 0 aliphatic carbocycles. The van der Waals surface area contributed by atoms with Gasteiger partial charge in [-0.1, -0.05) is 20.8 Å². The van der Waals surface area contributed by atoms with Gasteiger partial charge in [0.1, 0.15) is 0 Å². The Morgan fingerprint density at radius 3 is 2.38 bits per heavy atom. The molecule has 6 nitrogen and oxygen atoms in total. The molecule has 0 aromatic carbocycles. The molecule has 2 N–H and O–H groups in total. The third-order valence-electron chi connectivity index (χ3n) is 3.24. The third-order valence-corrected chi connectivity index (χ3v) is 3.24. The summed E-state index contributed by atoms with van der Waals surface area (Å²) < 4.78 is 0. The molecular weight excluding hydrogens is 270 g/mol. The van der Waals surface area contributed by atoms with Gasteiger partial charge in [0.15, 0.2) is 0 Å². The Morgan fingerprint density at radius 2 is 1.90 bits per heavy atom. The molecule has 21 heavy (non-hydrogen) atoms. The van der Waals surface area contributed by atoms with Gasteiger partial charge in [0, 0.05) is 32.0 Å². The van der Waals surface area contributed by atoms with Crippen LogP contribution in [0.3, 0.4) is 0 Å². The topological polar surface area (TPSA) is 82.5 Å². The molecule has 1 aromatic heterocycles. The molecule has 1 rings (SSSR count). The van der Waals surface area contributed by atoms with Crippen LogP contribution in [0.1, 0.15) is 32.8 Å². The van der Waals surface area contributed by atoms with Crippen LogP contribution in [0.15, 0.2) is 24.5 Å². The highest BCUT2D eigenvalue weighted by Gasteiger charge is 2.29. The van der Waals surface area contributed by atoms with Crippen LogP contribution in [0.4, 0.5) is 4.79 Å². The highest BCUT2D eigenvalue weighted by atomic mass is 16.4. The van der Waals surface area contributed by atoms with Crippen LogP contribution in [-0.4, -0.2) is 40.1 Å². The van der Waals surface area contributed by atoms with Crippen LogP contribution < -0.4 is 5.32 Å². The van der Waals surface area contributed by atoms with Crippen molar-refractivity contribution < 1.29 is 14.7 Å². The van der Waals surface area contributed by atoms with Gasteiger partial charge in [-0.05, 0) is 23.1 Å². The predicted molar refractivity (Wildman–Crippen MR) is 79.7 cm³/mol. The first-order valence-electron chi connectivity index (χ1n) is 6.82. The monoisotopic (exact) mass is 293 g/mol. The number of rotatable bonds is 5. The van der Waals surface area contributed by atoms with E-state index in [9.17, 15) is 9.59 Å². The van der Waals surface area contributed by atoms with Crippen molar-refractivity contribution in [1.82, 2.24) is 15.2 Å². The second-order valence-electron chi connectivity index (χ2n) is 6.18. The molecule has 6 heteroatoms. The number of pyridine rings is 1. The second kappa shape index (κ2) is 7.06. The van der Waals surface area contributed by atoms with Crippen LogP contribution in [0.2, 0.25) is 0 Å². The molecule has 0 fully saturated rings. The van der Waals surface area contributed by atoms with Gasteiger partial charge in [-0.15, -0.1) is 0 Å². The van der Waals surface area contributed by atoms with Crippen LogP contribution in [0.5, 0.6) is 0 Å². The summed E-state index contributed by atoms with van der Waals surface area (Å²) in [6.45, 7) is 6.16. The molecule has 0 radical (unpaired) electrons. The molecule has 2 amide bonds. The van der Waals surface area contributed by atoms with Gasteiger partial charge in [-0.3, -0.25) is 9.78 Å². The highest BCUT2D eigenvalue weighted by molar-refractivity contribution is 5.75. The van der Waals surface area contributed by atoms with E-state index in [0.29, 0.717) is 6.54 Å². The molecule has 0 saturated carbocycles. The maximum atomic E-state index is 12.2. The first-order chi connectivity index (χ1) is 9.70. The molecule has 1 unspecified atom stereocenters. The molecule has 0 saturated heterocycles. The molecule has 1 aromatic rings. The van der Waals surface area contributed by atoms with Gasteiger partial charge >= 0.3 is 12.0 Å². The number of aromatic nitrogens is 1. The Balaban J connectivity index is 2.66. The molecule has 0 spiro atoms. The summed E-state index contributed by atoms with van der Waals surface area (Å²) in [5, 5.41) is 11.8. The number of urea groups is 1. The lowest BCUT2D eigenvalue weighted by Crippen LogP contribution is -2.49. The fourth-order valence-corrected chi connectivity index (χ4v) is 1.84. The minimum atomic E-state index is -0.924. The average molecular weight is 293 g/mol. The Morgan fingerprint density at radius 1 is 1.33 bits per heavy atom. The lowest BCUT2D eigenvalue weighted by molar-refractivity contribution is -0.138. The van der Waals surface area contributed by atoms with Crippen molar-refractivity contribution in [1.29, 1.82) is 0 Å². The van der Waals surface area contributed by atoms with Crippen molar-refractivity contribution in [3.05, 3.63) is 30.1 Å². The zero-order valence-corrected chi connectivity index (χ0v) is 13.0. The Kier molecular flexibility index (Phi) is 5.69. The smallest absolute Gasteiger partial charge is 0.317 e. The maximum absolute atomic E-state index is 12.2. The summed E-state index contributed by atoms with van der Waals surface area (Å²) in [6, 6.07) is 2.96. The fraction of sp³-hybridized carbons (Fsp3) is 0.533. The van der Waals surface area contributed by atoms with E-state index in [1.165, 1.54) is 4.90 Å². The average Bonchev–Trinajstić information content (AvgIpc) is 2.37. The van der Waals surface area contributed by atoms with E-state index in [1.54, 1.807) is 19.4 Å². The van der Waals surface area contributed by atoms with Gasteiger partial charge in [-0.25, -0.2) is 4.79 Å². The van der Waals surface area contributed by atoms with Gasteiger partial charge in [0.2, 0.25) is 0 Å². The van der Waals surface area contributed by atoms with Crippen LogP contribution in [0, 0.1) is 5.41 Å². The number of amides is 2. The normalized spacial score (nSPS) is 12.6. The second-order valence-corrected chi connectivity index (χ2v) is 6.18. The number of carboxylic acid groups (broad SMARTS) is 1. The van der Waals surface area contributed by atoms with E-state index < -0.39 is 12.0 Å². The summed E-state index contributed by atoms with van der Waals surface area (Å²) >= 11 is 0. The fourth-order valence-electron chi connectivity index (χ4n) is 1.84. The van der Waals surface area contributed by atoms with E-state index in [4.69, 9.17) is 5.11 Å². The summed E-state index contributed by atoms with van der Waals surface area (Å²) in [4.78, 5) is 28.6. The van der Waals surface area contributed by atoms with E-state index in [1.807, 2.05) is 32.9 Å². The van der Waals surface area contributed by atoms with Crippen molar-refractivity contribution in [2.75, 3.05) is 7.05 Å². The molecule has 0 bridgehead atoms. The Hall–Kier alpha value is -2.11. The molecule has 1 atom stereocenters. The molecule has 1 heterocycles. The minimum Gasteiger partial charge on any atom is -0.481 e. The van der Waals surface area contributed by atoms with Gasteiger partial charge in [-0.2, -0.15) is 0 Å². The summed E-state index contributed by atoms with van der Waals surface area (Å²) in [7, 11) is 1.68. The van der Waals surface area contributed by atoms with Gasteiger partial charge < -0.3 is 15.3 Å². The number of hydrogen-bond acceptors (Lipinski definition) is 3. The lowest BCUT2D eigenvalue weighted by atomic mass is 9.85. The largest absolute Gasteiger partial charge is 0.481 e. The first kappa shape index (κ1) is 16.9. The van der Waals surface area contributed by atoms with E-state index in [-0.39, 0.29) is 17.9 Å². The number of carbonyl (C=O) groups excluding carboxylic acids is 1. The molecule has 0 aliphatic rings. The zero-order valence-electron chi connectivity index (χ0n) is 13.0. The minimum absolute atomic E-state index is 0.0989. The molecule has 116 valence electrons. The van der Waals surface area contributed by atoms with Gasteiger partial charge in [0.25, 0.3) is 0 Å². The summed E-state index contributed by atoms with van der Waals surface area (Å²) in [5.74, 6) is -0.924. The Labute approximate surface area is 125 Å². The van der Waals surface area contributed by atoms with Crippen molar-refractivity contribution in [2.45, 2.75) is 39.8 Å². The third kappa shape index (κ3) is 5.81. The summed E-state index contributed by atoms with van der Waals surface area (Å²) in [5.41, 5.74) is 0.638. The van der Waals surface area contributed by atoms with Crippen molar-refractivity contribution in [3.8, 4) is 0 Å². The quantitative estimate of drug-likeness (QED) is 0.871. The number of carboxylic acids is 1. The van der Waals surface area contributed by atoms with Gasteiger partial charge in [0.05, 0.1) is 6.42 Å². The highest BCUT2D eigenvalue weighted by Crippen LogP contribution is 2.22. The van der Waals surface area contributed by atoms with Crippen molar-refractivity contribution >= 4 is 12.0 Å². The van der Waals surface area contributed by atoms with E-state index in [0.717, 1.165) is 5.56 Å². The number of nitrogens with one attached hydrogen (secondary N) is 1. The van der Waals surface area contributed by atoms with Crippen LogP contribution >= 0.6 is 0 Å². The first-order valence-corrected chi connectivity index (χ1v) is 6.82. The van der Waals surface area contributed by atoms with E-state index in [2.05, 4.69) is 10.3 Å². The Bertz CT molecular complexity index is 483. The number of aliphatic carboxylic acids is 1. The summed E-state index contributed by atoms with van der Waals surface area (Å²) in [6.07, 6.45) is 3.24. The van der Waals surface area contributed by atoms with Crippen LogP contribution in [-0.2, 0) is 11.3 Å². The van der Waals surface area contributed by atoms with Crippen LogP contribution in [0.25, 0.3) is 0 Å².